The molecule has 0 amide bonds. The van der Waals surface area contributed by atoms with Gasteiger partial charge in [-0.05, 0) is 17.7 Å². The lowest BCUT2D eigenvalue weighted by atomic mass is 10.0. The standard InChI is InChI=1S/C11H14N2O2/c14-11(10-8-15-6-5-13-10)7-9-1-3-12-4-2-9/h1-4,10,13H,5-8H2. The number of carbonyl (C=O) groups is 1. The molecule has 15 heavy (non-hydrogen) atoms. The number of Topliss-reactive ketones (excluding diaryl/α,β-unsaturated/α-hetero) is 1. The topological polar surface area (TPSA) is 51.2 Å². The van der Waals surface area contributed by atoms with E-state index in [0.29, 0.717) is 19.6 Å². The smallest absolute Gasteiger partial charge is 0.156 e. The van der Waals surface area contributed by atoms with Crippen molar-refractivity contribution in [1.29, 1.82) is 0 Å². The summed E-state index contributed by atoms with van der Waals surface area (Å²) >= 11 is 0. The summed E-state index contributed by atoms with van der Waals surface area (Å²) in [6.45, 7) is 1.94. The maximum absolute atomic E-state index is 11.8. The van der Waals surface area contributed by atoms with E-state index < -0.39 is 0 Å². The van der Waals surface area contributed by atoms with Crippen LogP contribution in [0.4, 0.5) is 0 Å². The third-order valence-corrected chi connectivity index (χ3v) is 2.44. The van der Waals surface area contributed by atoms with E-state index in [1.807, 2.05) is 12.1 Å². The minimum atomic E-state index is -0.146. The van der Waals surface area contributed by atoms with Crippen LogP contribution in [0.5, 0.6) is 0 Å². The van der Waals surface area contributed by atoms with Crippen molar-refractivity contribution >= 4 is 5.78 Å². The molecule has 2 rings (SSSR count). The van der Waals surface area contributed by atoms with E-state index in [-0.39, 0.29) is 11.8 Å². The molecule has 0 saturated carbocycles. The molecule has 0 aliphatic carbocycles. The number of aromatic nitrogens is 1. The highest BCUT2D eigenvalue weighted by molar-refractivity contribution is 5.86. The summed E-state index contributed by atoms with van der Waals surface area (Å²) in [6.07, 6.45) is 3.85. The molecule has 1 unspecified atom stereocenters. The quantitative estimate of drug-likeness (QED) is 0.766. The molecule has 1 aromatic heterocycles. The van der Waals surface area contributed by atoms with Crippen LogP contribution in [0.15, 0.2) is 24.5 Å². The van der Waals surface area contributed by atoms with Gasteiger partial charge in [-0.15, -0.1) is 0 Å². The summed E-state index contributed by atoms with van der Waals surface area (Å²) in [7, 11) is 0. The lowest BCUT2D eigenvalue weighted by Gasteiger charge is -2.22. The van der Waals surface area contributed by atoms with Gasteiger partial charge in [-0.2, -0.15) is 0 Å². The van der Waals surface area contributed by atoms with Crippen molar-refractivity contribution in [2.24, 2.45) is 0 Å². The van der Waals surface area contributed by atoms with Crippen molar-refractivity contribution in [3.05, 3.63) is 30.1 Å². The molecule has 1 saturated heterocycles. The Bertz CT molecular complexity index is 321. The number of morpholine rings is 1. The lowest BCUT2D eigenvalue weighted by molar-refractivity contribution is -0.123. The summed E-state index contributed by atoms with van der Waals surface area (Å²) in [6, 6.07) is 3.58. The molecule has 80 valence electrons. The Hall–Kier alpha value is -1.26. The zero-order chi connectivity index (χ0) is 10.5. The van der Waals surface area contributed by atoms with Crippen LogP contribution in [0.1, 0.15) is 5.56 Å². The van der Waals surface area contributed by atoms with Gasteiger partial charge < -0.3 is 10.1 Å². The van der Waals surface area contributed by atoms with Crippen LogP contribution in [0.25, 0.3) is 0 Å². The van der Waals surface area contributed by atoms with E-state index in [2.05, 4.69) is 10.3 Å². The van der Waals surface area contributed by atoms with Gasteiger partial charge in [0.15, 0.2) is 5.78 Å². The van der Waals surface area contributed by atoms with Gasteiger partial charge in [0.1, 0.15) is 0 Å². The fourth-order valence-electron chi connectivity index (χ4n) is 1.60. The second-order valence-electron chi connectivity index (χ2n) is 3.58. The molecule has 1 aliphatic rings. The van der Waals surface area contributed by atoms with E-state index in [9.17, 15) is 4.79 Å². The molecule has 1 N–H and O–H groups in total. The highest BCUT2D eigenvalue weighted by Gasteiger charge is 2.20. The number of rotatable bonds is 3. The summed E-state index contributed by atoms with van der Waals surface area (Å²) in [5.74, 6) is 0.181. The zero-order valence-electron chi connectivity index (χ0n) is 8.48. The highest BCUT2D eigenvalue weighted by Crippen LogP contribution is 2.03. The van der Waals surface area contributed by atoms with Crippen LogP contribution in [0.3, 0.4) is 0 Å². The van der Waals surface area contributed by atoms with Gasteiger partial charge in [0.05, 0.1) is 19.3 Å². The third kappa shape index (κ3) is 2.84. The summed E-state index contributed by atoms with van der Waals surface area (Å²) in [5.41, 5.74) is 1.00. The Morgan fingerprint density at radius 2 is 2.33 bits per heavy atom. The van der Waals surface area contributed by atoms with Crippen molar-refractivity contribution in [1.82, 2.24) is 10.3 Å². The molecule has 0 aromatic carbocycles. The molecular formula is C11H14N2O2. The minimum Gasteiger partial charge on any atom is -0.378 e. The molecule has 1 aliphatic heterocycles. The van der Waals surface area contributed by atoms with Crippen LogP contribution >= 0.6 is 0 Å². The lowest BCUT2D eigenvalue weighted by Crippen LogP contribution is -2.47. The first kappa shape index (κ1) is 10.3. The van der Waals surface area contributed by atoms with Crippen molar-refractivity contribution < 1.29 is 9.53 Å². The molecule has 4 nitrogen and oxygen atoms in total. The first-order valence-corrected chi connectivity index (χ1v) is 5.09. The molecule has 0 spiro atoms. The number of hydrogen-bond donors (Lipinski definition) is 1. The van der Waals surface area contributed by atoms with Gasteiger partial charge in [-0.25, -0.2) is 0 Å². The van der Waals surface area contributed by atoms with Crippen molar-refractivity contribution in [3.8, 4) is 0 Å². The van der Waals surface area contributed by atoms with E-state index in [0.717, 1.165) is 12.1 Å². The van der Waals surface area contributed by atoms with E-state index in [4.69, 9.17) is 4.74 Å². The number of ether oxygens (including phenoxy) is 1. The largest absolute Gasteiger partial charge is 0.378 e. The maximum atomic E-state index is 11.8. The SMILES string of the molecule is O=C(Cc1ccncc1)C1COCCN1. The monoisotopic (exact) mass is 206 g/mol. The van der Waals surface area contributed by atoms with Crippen molar-refractivity contribution in [3.63, 3.8) is 0 Å². The van der Waals surface area contributed by atoms with E-state index in [1.54, 1.807) is 12.4 Å². The number of ketones is 1. The third-order valence-electron chi connectivity index (χ3n) is 2.44. The molecule has 2 heterocycles. The normalized spacial score (nSPS) is 21.2. The Balaban J connectivity index is 1.91. The van der Waals surface area contributed by atoms with Gasteiger partial charge in [-0.1, -0.05) is 0 Å². The number of nitrogens with zero attached hydrogens (tertiary/aromatic N) is 1. The summed E-state index contributed by atoms with van der Waals surface area (Å²) in [4.78, 5) is 15.7. The van der Waals surface area contributed by atoms with Crippen LogP contribution in [-0.4, -0.2) is 36.6 Å². The van der Waals surface area contributed by atoms with Gasteiger partial charge in [0.25, 0.3) is 0 Å². The zero-order valence-corrected chi connectivity index (χ0v) is 8.48. The van der Waals surface area contributed by atoms with Gasteiger partial charge in [0, 0.05) is 25.4 Å². The molecule has 0 radical (unpaired) electrons. The molecule has 0 bridgehead atoms. The summed E-state index contributed by atoms with van der Waals surface area (Å²) < 4.78 is 5.25. The highest BCUT2D eigenvalue weighted by atomic mass is 16.5. The number of pyridine rings is 1. The van der Waals surface area contributed by atoms with Gasteiger partial charge >= 0.3 is 0 Å². The van der Waals surface area contributed by atoms with E-state index >= 15 is 0 Å². The average Bonchev–Trinajstić information content (AvgIpc) is 2.31. The van der Waals surface area contributed by atoms with Crippen LogP contribution < -0.4 is 5.32 Å². The molecule has 1 atom stereocenters. The first-order chi connectivity index (χ1) is 7.36. The van der Waals surface area contributed by atoms with Crippen LogP contribution in [0, 0.1) is 0 Å². The van der Waals surface area contributed by atoms with Crippen LogP contribution in [0.2, 0.25) is 0 Å². The number of nitrogens with one attached hydrogen (secondary N) is 1. The first-order valence-electron chi connectivity index (χ1n) is 5.09. The van der Waals surface area contributed by atoms with Crippen molar-refractivity contribution in [2.45, 2.75) is 12.5 Å². The average molecular weight is 206 g/mol. The van der Waals surface area contributed by atoms with Crippen molar-refractivity contribution in [2.75, 3.05) is 19.8 Å². The Labute approximate surface area is 88.7 Å². The fourth-order valence-corrected chi connectivity index (χ4v) is 1.60. The Morgan fingerprint density at radius 3 is 3.00 bits per heavy atom. The predicted octanol–water partition coefficient (Wildman–Crippen LogP) is 0.182. The second-order valence-corrected chi connectivity index (χ2v) is 3.58. The fraction of sp³-hybridized carbons (Fsp3) is 0.455. The van der Waals surface area contributed by atoms with E-state index in [1.165, 1.54) is 0 Å². The maximum Gasteiger partial charge on any atom is 0.156 e. The molecule has 4 heteroatoms. The summed E-state index contributed by atoms with van der Waals surface area (Å²) in [5, 5.41) is 3.15. The minimum absolute atomic E-state index is 0.146. The predicted molar refractivity (Wildman–Crippen MR) is 55.6 cm³/mol. The number of carbonyl (C=O) groups excluding carboxylic acids is 1. The van der Waals surface area contributed by atoms with Gasteiger partial charge in [-0.3, -0.25) is 9.78 Å². The molecule has 1 aromatic rings. The Kier molecular flexibility index (Phi) is 3.42. The van der Waals surface area contributed by atoms with Gasteiger partial charge in [0.2, 0.25) is 0 Å². The second kappa shape index (κ2) is 5.00. The van der Waals surface area contributed by atoms with Crippen LogP contribution in [-0.2, 0) is 16.0 Å². The molecule has 1 fully saturated rings. The Morgan fingerprint density at radius 1 is 1.53 bits per heavy atom. The number of hydrogen-bond acceptors (Lipinski definition) is 4. The molecular weight excluding hydrogens is 192 g/mol.